The molecule has 0 saturated carbocycles. The van der Waals surface area contributed by atoms with Crippen molar-refractivity contribution in [3.63, 3.8) is 0 Å². The van der Waals surface area contributed by atoms with Crippen LogP contribution in [0, 0.1) is 0 Å². The van der Waals surface area contributed by atoms with Gasteiger partial charge in [-0.1, -0.05) is 40.9 Å². The number of benzene rings is 3. The van der Waals surface area contributed by atoms with Gasteiger partial charge in [-0.3, -0.25) is 9.69 Å². The Morgan fingerprint density at radius 1 is 0.935 bits per heavy atom. The van der Waals surface area contributed by atoms with Crippen molar-refractivity contribution < 1.29 is 9.53 Å². The lowest BCUT2D eigenvalue weighted by Gasteiger charge is -2.19. The maximum Gasteiger partial charge on any atom is 0.282 e. The van der Waals surface area contributed by atoms with Crippen LogP contribution < -0.4 is 9.64 Å². The summed E-state index contributed by atoms with van der Waals surface area (Å²) in [5.41, 5.74) is 2.36. The standard InChI is InChI=1S/C24H17Cl3N2O2/c1-2-31-20-11-9-19(10-12-20)29-23(15-3-6-17(25)7-4-15)28-22(24(29)30)13-16-5-8-18(26)14-21(16)27/h3-14H,2H2,1H3/b22-13+. The molecule has 1 heterocycles. The number of hydrogen-bond donors (Lipinski definition) is 0. The summed E-state index contributed by atoms with van der Waals surface area (Å²) in [6.45, 7) is 2.48. The molecule has 0 aromatic heterocycles. The fourth-order valence-corrected chi connectivity index (χ4v) is 3.76. The number of amidine groups is 1. The molecular weight excluding hydrogens is 455 g/mol. The van der Waals surface area contributed by atoms with Gasteiger partial charge in [0.15, 0.2) is 0 Å². The van der Waals surface area contributed by atoms with E-state index in [1.54, 1.807) is 41.3 Å². The van der Waals surface area contributed by atoms with Crippen LogP contribution in [-0.4, -0.2) is 18.3 Å². The second-order valence-corrected chi connectivity index (χ2v) is 7.99. The summed E-state index contributed by atoms with van der Waals surface area (Å²) in [7, 11) is 0. The molecule has 0 fully saturated rings. The van der Waals surface area contributed by atoms with Gasteiger partial charge in [-0.25, -0.2) is 4.99 Å². The molecule has 0 saturated heterocycles. The van der Waals surface area contributed by atoms with Gasteiger partial charge in [0, 0.05) is 20.6 Å². The third-order valence-corrected chi connectivity index (χ3v) is 5.44. The highest BCUT2D eigenvalue weighted by Crippen LogP contribution is 2.31. The molecule has 156 valence electrons. The Labute approximate surface area is 195 Å². The molecule has 31 heavy (non-hydrogen) atoms. The first-order valence-corrected chi connectivity index (χ1v) is 10.7. The summed E-state index contributed by atoms with van der Waals surface area (Å²) in [6, 6.07) is 19.6. The van der Waals surface area contributed by atoms with E-state index >= 15 is 0 Å². The minimum atomic E-state index is -0.264. The Morgan fingerprint density at radius 3 is 2.26 bits per heavy atom. The summed E-state index contributed by atoms with van der Waals surface area (Å²) in [4.78, 5) is 19.6. The van der Waals surface area contributed by atoms with E-state index < -0.39 is 0 Å². The van der Waals surface area contributed by atoms with Crippen molar-refractivity contribution >= 4 is 58.3 Å². The van der Waals surface area contributed by atoms with Crippen LogP contribution in [0.1, 0.15) is 18.1 Å². The highest BCUT2D eigenvalue weighted by atomic mass is 35.5. The lowest BCUT2D eigenvalue weighted by Crippen LogP contribution is -2.32. The first kappa shape index (κ1) is 21.4. The second kappa shape index (κ2) is 9.15. The average Bonchev–Trinajstić information content (AvgIpc) is 3.07. The van der Waals surface area contributed by atoms with Crippen LogP contribution in [-0.2, 0) is 4.79 Å². The molecule has 7 heteroatoms. The van der Waals surface area contributed by atoms with Crippen molar-refractivity contribution in [1.29, 1.82) is 0 Å². The molecule has 0 atom stereocenters. The van der Waals surface area contributed by atoms with Gasteiger partial charge in [0.2, 0.25) is 0 Å². The maximum absolute atomic E-state index is 13.4. The van der Waals surface area contributed by atoms with Gasteiger partial charge >= 0.3 is 0 Å². The quantitative estimate of drug-likeness (QED) is 0.381. The Kier molecular flexibility index (Phi) is 6.33. The Morgan fingerprint density at radius 2 is 1.61 bits per heavy atom. The van der Waals surface area contributed by atoms with Crippen molar-refractivity contribution in [2.45, 2.75) is 6.92 Å². The van der Waals surface area contributed by atoms with E-state index in [9.17, 15) is 4.79 Å². The molecule has 0 unspecified atom stereocenters. The van der Waals surface area contributed by atoms with Crippen LogP contribution in [0.3, 0.4) is 0 Å². The lowest BCUT2D eigenvalue weighted by atomic mass is 10.1. The SMILES string of the molecule is CCOc1ccc(N2C(=O)/C(=C\c3ccc(Cl)cc3Cl)N=C2c2ccc(Cl)cc2)cc1. The third kappa shape index (κ3) is 4.62. The first-order chi connectivity index (χ1) is 15.0. The van der Waals surface area contributed by atoms with Crippen LogP contribution in [0.4, 0.5) is 5.69 Å². The van der Waals surface area contributed by atoms with Gasteiger partial charge in [-0.2, -0.15) is 0 Å². The maximum atomic E-state index is 13.4. The largest absolute Gasteiger partial charge is 0.494 e. The summed E-state index contributed by atoms with van der Waals surface area (Å²) >= 11 is 18.3. The predicted octanol–water partition coefficient (Wildman–Crippen LogP) is 6.88. The number of rotatable bonds is 5. The summed E-state index contributed by atoms with van der Waals surface area (Å²) < 4.78 is 5.51. The molecule has 0 radical (unpaired) electrons. The fourth-order valence-electron chi connectivity index (χ4n) is 3.17. The Hall–Kier alpha value is -2.79. The highest BCUT2D eigenvalue weighted by molar-refractivity contribution is 6.36. The minimum absolute atomic E-state index is 0.264. The molecule has 0 bridgehead atoms. The van der Waals surface area contributed by atoms with E-state index in [0.29, 0.717) is 38.8 Å². The molecule has 0 spiro atoms. The Bertz CT molecular complexity index is 1190. The first-order valence-electron chi connectivity index (χ1n) is 9.55. The number of aliphatic imine (C=N–C) groups is 1. The van der Waals surface area contributed by atoms with Crippen LogP contribution >= 0.6 is 34.8 Å². The normalized spacial score (nSPS) is 14.8. The minimum Gasteiger partial charge on any atom is -0.494 e. The monoisotopic (exact) mass is 470 g/mol. The summed E-state index contributed by atoms with van der Waals surface area (Å²) in [5.74, 6) is 0.967. The number of nitrogens with zero attached hydrogens (tertiary/aromatic N) is 2. The lowest BCUT2D eigenvalue weighted by molar-refractivity contribution is -0.113. The van der Waals surface area contributed by atoms with Crippen LogP contribution in [0.2, 0.25) is 15.1 Å². The zero-order valence-corrected chi connectivity index (χ0v) is 18.7. The topological polar surface area (TPSA) is 41.9 Å². The van der Waals surface area contributed by atoms with E-state index in [2.05, 4.69) is 4.99 Å². The number of ether oxygens (including phenoxy) is 1. The molecular formula is C24H17Cl3N2O2. The second-order valence-electron chi connectivity index (χ2n) is 6.71. The zero-order valence-electron chi connectivity index (χ0n) is 16.5. The van der Waals surface area contributed by atoms with Gasteiger partial charge in [-0.05, 0) is 79.2 Å². The molecule has 1 aliphatic rings. The van der Waals surface area contributed by atoms with Gasteiger partial charge in [-0.15, -0.1) is 0 Å². The van der Waals surface area contributed by atoms with Crippen LogP contribution in [0.5, 0.6) is 5.75 Å². The van der Waals surface area contributed by atoms with E-state index in [0.717, 1.165) is 11.3 Å². The number of hydrogen-bond acceptors (Lipinski definition) is 3. The van der Waals surface area contributed by atoms with Gasteiger partial charge in [0.05, 0.1) is 12.3 Å². The van der Waals surface area contributed by atoms with E-state index in [4.69, 9.17) is 39.5 Å². The number of amides is 1. The van der Waals surface area contributed by atoms with Crippen molar-refractivity contribution in [3.8, 4) is 5.75 Å². The van der Waals surface area contributed by atoms with Crippen molar-refractivity contribution in [1.82, 2.24) is 0 Å². The smallest absolute Gasteiger partial charge is 0.282 e. The third-order valence-electron chi connectivity index (χ3n) is 4.62. The molecule has 4 nitrogen and oxygen atoms in total. The van der Waals surface area contributed by atoms with Crippen LogP contribution in [0.15, 0.2) is 77.4 Å². The van der Waals surface area contributed by atoms with E-state index in [-0.39, 0.29) is 11.6 Å². The number of anilines is 1. The van der Waals surface area contributed by atoms with E-state index in [1.165, 1.54) is 0 Å². The molecule has 0 aliphatic carbocycles. The summed E-state index contributed by atoms with van der Waals surface area (Å²) in [6.07, 6.45) is 1.66. The van der Waals surface area contributed by atoms with Crippen molar-refractivity contribution in [2.75, 3.05) is 11.5 Å². The van der Waals surface area contributed by atoms with Crippen molar-refractivity contribution in [2.24, 2.45) is 4.99 Å². The predicted molar refractivity (Wildman–Crippen MR) is 128 cm³/mol. The highest BCUT2D eigenvalue weighted by Gasteiger charge is 2.32. The molecule has 1 aliphatic heterocycles. The van der Waals surface area contributed by atoms with Crippen molar-refractivity contribution in [3.05, 3.63) is 98.6 Å². The summed E-state index contributed by atoms with van der Waals surface area (Å²) in [5, 5.41) is 1.56. The van der Waals surface area contributed by atoms with E-state index in [1.807, 2.05) is 43.3 Å². The fraction of sp³-hybridized carbons (Fsp3) is 0.0833. The zero-order chi connectivity index (χ0) is 22.0. The van der Waals surface area contributed by atoms with Gasteiger partial charge in [0.25, 0.3) is 5.91 Å². The number of halogens is 3. The number of carbonyl (C=O) groups excluding carboxylic acids is 1. The molecule has 3 aromatic rings. The number of carbonyl (C=O) groups is 1. The molecule has 4 rings (SSSR count). The molecule has 3 aromatic carbocycles. The van der Waals surface area contributed by atoms with Crippen LogP contribution in [0.25, 0.3) is 6.08 Å². The molecule has 0 N–H and O–H groups in total. The molecule has 1 amide bonds. The Balaban J connectivity index is 1.79. The van der Waals surface area contributed by atoms with Gasteiger partial charge in [0.1, 0.15) is 17.3 Å². The average molecular weight is 472 g/mol. The van der Waals surface area contributed by atoms with Gasteiger partial charge < -0.3 is 4.74 Å².